The predicted molar refractivity (Wildman–Crippen MR) is 99.5 cm³/mol. The number of hydrogen-bond acceptors (Lipinski definition) is 4. The van der Waals surface area contributed by atoms with E-state index in [1.807, 2.05) is 36.4 Å². The largest absolute Gasteiger partial charge is 0.487 e. The minimum absolute atomic E-state index is 0.0247. The molecule has 2 aromatic rings. The third-order valence-corrected chi connectivity index (χ3v) is 4.76. The summed E-state index contributed by atoms with van der Waals surface area (Å²) in [4.78, 5) is 0. The standard InChI is InChI=1S/C16H18INO4S/c1-23(20,21)18-15-9-13(14(17)10-19)7-8-16(15)22-11-12-5-3-2-4-6-12/h2-9,14,18-19H,10-11H2,1H3. The molecule has 2 rings (SSSR count). The molecule has 0 radical (unpaired) electrons. The Labute approximate surface area is 149 Å². The fourth-order valence-corrected chi connectivity index (χ4v) is 2.93. The number of benzene rings is 2. The van der Waals surface area contributed by atoms with Crippen molar-refractivity contribution in [3.8, 4) is 5.75 Å². The molecule has 0 saturated carbocycles. The summed E-state index contributed by atoms with van der Waals surface area (Å²) in [5.74, 6) is 0.449. The Balaban J connectivity index is 2.26. The molecule has 0 amide bonds. The van der Waals surface area contributed by atoms with Crippen LogP contribution in [0.1, 0.15) is 15.1 Å². The van der Waals surface area contributed by atoms with Crippen LogP contribution in [-0.2, 0) is 16.6 Å². The van der Waals surface area contributed by atoms with Gasteiger partial charge in [-0.2, -0.15) is 0 Å². The lowest BCUT2D eigenvalue weighted by Gasteiger charge is -2.15. The van der Waals surface area contributed by atoms with E-state index in [1.54, 1.807) is 12.1 Å². The molecule has 2 aromatic carbocycles. The number of hydrogen-bond donors (Lipinski definition) is 2. The van der Waals surface area contributed by atoms with Crippen LogP contribution in [0.25, 0.3) is 0 Å². The molecule has 0 aliphatic rings. The molecule has 0 spiro atoms. The lowest BCUT2D eigenvalue weighted by atomic mass is 10.1. The number of sulfonamides is 1. The topological polar surface area (TPSA) is 75.6 Å². The van der Waals surface area contributed by atoms with Gasteiger partial charge in [0.05, 0.1) is 22.5 Å². The molecule has 1 atom stereocenters. The molecule has 0 saturated heterocycles. The van der Waals surface area contributed by atoms with Crippen molar-refractivity contribution in [2.24, 2.45) is 0 Å². The van der Waals surface area contributed by atoms with Crippen LogP contribution in [0.15, 0.2) is 48.5 Å². The molecule has 0 bridgehead atoms. The average Bonchev–Trinajstić information content (AvgIpc) is 2.52. The Morgan fingerprint density at radius 3 is 2.52 bits per heavy atom. The number of ether oxygens (including phenoxy) is 1. The molecule has 0 aromatic heterocycles. The zero-order valence-electron chi connectivity index (χ0n) is 12.6. The summed E-state index contributed by atoms with van der Waals surface area (Å²) in [5.41, 5.74) is 2.19. The second-order valence-corrected chi connectivity index (χ2v) is 8.31. The van der Waals surface area contributed by atoms with Gasteiger partial charge in [0.15, 0.2) is 0 Å². The highest BCUT2D eigenvalue weighted by molar-refractivity contribution is 14.1. The normalized spacial score (nSPS) is 12.7. The molecule has 1 unspecified atom stereocenters. The molecule has 0 heterocycles. The van der Waals surface area contributed by atoms with Crippen LogP contribution in [0.5, 0.6) is 5.75 Å². The number of anilines is 1. The van der Waals surface area contributed by atoms with Crippen molar-refractivity contribution in [3.63, 3.8) is 0 Å². The highest BCUT2D eigenvalue weighted by Crippen LogP contribution is 2.32. The molecule has 23 heavy (non-hydrogen) atoms. The Hall–Kier alpha value is -1.32. The highest BCUT2D eigenvalue weighted by Gasteiger charge is 2.13. The summed E-state index contributed by atoms with van der Waals surface area (Å²) in [7, 11) is -3.43. The average molecular weight is 447 g/mol. The van der Waals surface area contributed by atoms with Crippen molar-refractivity contribution >= 4 is 38.3 Å². The second kappa shape index (κ2) is 7.98. The SMILES string of the molecule is CS(=O)(=O)Nc1cc(C(I)CO)ccc1OCc1ccccc1. The third kappa shape index (κ3) is 5.67. The van der Waals surface area contributed by atoms with Crippen molar-refractivity contribution in [3.05, 3.63) is 59.7 Å². The first kappa shape index (κ1) is 18.0. The summed E-state index contributed by atoms with van der Waals surface area (Å²) in [6.45, 7) is 0.315. The van der Waals surface area contributed by atoms with Gasteiger partial charge in [-0.3, -0.25) is 4.72 Å². The van der Waals surface area contributed by atoms with E-state index < -0.39 is 10.0 Å². The van der Waals surface area contributed by atoms with Crippen LogP contribution in [0.3, 0.4) is 0 Å². The zero-order chi connectivity index (χ0) is 16.9. The highest BCUT2D eigenvalue weighted by atomic mass is 127. The summed E-state index contributed by atoms with van der Waals surface area (Å²) >= 11 is 2.10. The molecule has 0 aliphatic heterocycles. The minimum atomic E-state index is -3.43. The lowest BCUT2D eigenvalue weighted by Crippen LogP contribution is -2.11. The van der Waals surface area contributed by atoms with Crippen LogP contribution >= 0.6 is 22.6 Å². The fraction of sp³-hybridized carbons (Fsp3) is 0.250. The number of aliphatic hydroxyl groups excluding tert-OH is 1. The van der Waals surface area contributed by atoms with E-state index in [9.17, 15) is 13.5 Å². The molecular formula is C16H18INO4S. The van der Waals surface area contributed by atoms with Gasteiger partial charge in [-0.25, -0.2) is 8.42 Å². The summed E-state index contributed by atoms with van der Waals surface area (Å²) in [6.07, 6.45) is 1.09. The van der Waals surface area contributed by atoms with Gasteiger partial charge in [-0.05, 0) is 23.3 Å². The Morgan fingerprint density at radius 1 is 1.22 bits per heavy atom. The van der Waals surface area contributed by atoms with Crippen LogP contribution in [-0.4, -0.2) is 26.4 Å². The van der Waals surface area contributed by atoms with Gasteiger partial charge in [-0.1, -0.05) is 59.0 Å². The van der Waals surface area contributed by atoms with Gasteiger partial charge < -0.3 is 9.84 Å². The van der Waals surface area contributed by atoms with Gasteiger partial charge in [0.1, 0.15) is 12.4 Å². The maximum atomic E-state index is 11.6. The van der Waals surface area contributed by atoms with Crippen molar-refractivity contribution in [2.45, 2.75) is 10.5 Å². The summed E-state index contributed by atoms with van der Waals surface area (Å²) in [6, 6.07) is 14.8. The van der Waals surface area contributed by atoms with E-state index in [0.29, 0.717) is 18.0 Å². The zero-order valence-corrected chi connectivity index (χ0v) is 15.5. The second-order valence-electron chi connectivity index (χ2n) is 5.05. The van der Waals surface area contributed by atoms with Gasteiger partial charge in [0, 0.05) is 0 Å². The van der Waals surface area contributed by atoms with Gasteiger partial charge in [-0.15, -0.1) is 0 Å². The maximum Gasteiger partial charge on any atom is 0.229 e. The van der Waals surface area contributed by atoms with Crippen molar-refractivity contribution in [2.75, 3.05) is 17.6 Å². The van der Waals surface area contributed by atoms with E-state index in [0.717, 1.165) is 17.4 Å². The maximum absolute atomic E-state index is 11.6. The van der Waals surface area contributed by atoms with Gasteiger partial charge >= 0.3 is 0 Å². The van der Waals surface area contributed by atoms with E-state index in [-0.39, 0.29) is 10.5 Å². The first-order valence-corrected chi connectivity index (χ1v) is 10.1. The van der Waals surface area contributed by atoms with Gasteiger partial charge in [0.25, 0.3) is 0 Å². The molecule has 5 nitrogen and oxygen atoms in total. The van der Waals surface area contributed by atoms with Crippen LogP contribution in [0.4, 0.5) is 5.69 Å². The first-order chi connectivity index (χ1) is 10.9. The molecule has 124 valence electrons. The molecule has 7 heteroatoms. The third-order valence-electron chi connectivity index (χ3n) is 3.06. The lowest BCUT2D eigenvalue weighted by molar-refractivity contribution is 0.300. The van der Waals surface area contributed by atoms with Crippen LogP contribution in [0.2, 0.25) is 0 Å². The van der Waals surface area contributed by atoms with Crippen LogP contribution < -0.4 is 9.46 Å². The minimum Gasteiger partial charge on any atom is -0.487 e. The number of nitrogens with one attached hydrogen (secondary N) is 1. The van der Waals surface area contributed by atoms with E-state index >= 15 is 0 Å². The number of rotatable bonds is 7. The number of alkyl halides is 1. The van der Waals surface area contributed by atoms with Crippen molar-refractivity contribution in [1.82, 2.24) is 0 Å². The fourth-order valence-electron chi connectivity index (χ4n) is 1.99. The van der Waals surface area contributed by atoms with Crippen LogP contribution in [0, 0.1) is 0 Å². The molecule has 2 N–H and O–H groups in total. The van der Waals surface area contributed by atoms with Crippen molar-refractivity contribution < 1.29 is 18.3 Å². The molecule has 0 fully saturated rings. The van der Waals surface area contributed by atoms with E-state index in [4.69, 9.17) is 4.74 Å². The quantitative estimate of drug-likeness (QED) is 0.506. The predicted octanol–water partition coefficient (Wildman–Crippen LogP) is 3.11. The smallest absolute Gasteiger partial charge is 0.229 e. The number of halogens is 1. The monoisotopic (exact) mass is 447 g/mol. The summed E-state index contributed by atoms with van der Waals surface area (Å²) in [5, 5.41) is 9.26. The Morgan fingerprint density at radius 2 is 1.91 bits per heavy atom. The summed E-state index contributed by atoms with van der Waals surface area (Å²) < 4.78 is 31.2. The molecular weight excluding hydrogens is 429 g/mol. The Kier molecular flexibility index (Phi) is 6.25. The van der Waals surface area contributed by atoms with Crippen molar-refractivity contribution in [1.29, 1.82) is 0 Å². The Bertz CT molecular complexity index is 750. The van der Waals surface area contributed by atoms with E-state index in [2.05, 4.69) is 27.3 Å². The number of aliphatic hydroxyl groups is 1. The van der Waals surface area contributed by atoms with E-state index in [1.165, 1.54) is 0 Å². The first-order valence-electron chi connectivity index (χ1n) is 6.92. The molecule has 0 aliphatic carbocycles. The van der Waals surface area contributed by atoms with Gasteiger partial charge in [0.2, 0.25) is 10.0 Å².